The predicted molar refractivity (Wildman–Crippen MR) is 66.7 cm³/mol. The Labute approximate surface area is 100 Å². The Morgan fingerprint density at radius 3 is 3.12 bits per heavy atom. The van der Waals surface area contributed by atoms with E-state index in [9.17, 15) is 0 Å². The standard InChI is InChI=1S/C13H15N3O/c14-10-3-1-4-11(7-10)16-6-2-5-13(16)12-8-17-9-15-12/h1,3-4,7-9,13H,2,5-6,14H2. The Morgan fingerprint density at radius 1 is 1.41 bits per heavy atom. The van der Waals surface area contributed by atoms with Crippen molar-refractivity contribution < 1.29 is 4.42 Å². The van der Waals surface area contributed by atoms with Crippen molar-refractivity contribution in [2.45, 2.75) is 18.9 Å². The Balaban J connectivity index is 1.92. The first kappa shape index (κ1) is 10.2. The molecule has 3 rings (SSSR count). The normalized spacial score (nSPS) is 19.8. The predicted octanol–water partition coefficient (Wildman–Crippen LogP) is 2.60. The molecule has 2 heterocycles. The molecule has 0 saturated carbocycles. The number of oxazole rings is 1. The highest BCUT2D eigenvalue weighted by molar-refractivity contribution is 5.57. The van der Waals surface area contributed by atoms with Gasteiger partial charge in [-0.3, -0.25) is 0 Å². The fourth-order valence-corrected chi connectivity index (χ4v) is 2.47. The first-order valence-corrected chi connectivity index (χ1v) is 5.85. The average molecular weight is 229 g/mol. The van der Waals surface area contributed by atoms with Crippen LogP contribution >= 0.6 is 0 Å². The summed E-state index contributed by atoms with van der Waals surface area (Å²) in [5.74, 6) is 0. The molecule has 17 heavy (non-hydrogen) atoms. The molecule has 0 bridgehead atoms. The number of hydrogen-bond acceptors (Lipinski definition) is 4. The first-order chi connectivity index (χ1) is 8.34. The van der Waals surface area contributed by atoms with E-state index in [0.29, 0.717) is 6.04 Å². The van der Waals surface area contributed by atoms with E-state index < -0.39 is 0 Å². The first-order valence-electron chi connectivity index (χ1n) is 5.85. The third-order valence-electron chi connectivity index (χ3n) is 3.25. The van der Waals surface area contributed by atoms with Crippen LogP contribution in [0.15, 0.2) is 41.3 Å². The maximum atomic E-state index is 5.83. The van der Waals surface area contributed by atoms with Crippen LogP contribution < -0.4 is 10.6 Å². The molecule has 1 aromatic carbocycles. The highest BCUT2D eigenvalue weighted by Crippen LogP contribution is 2.35. The molecule has 4 heteroatoms. The molecule has 0 amide bonds. The van der Waals surface area contributed by atoms with Crippen molar-refractivity contribution in [1.29, 1.82) is 0 Å². The molecule has 1 fully saturated rings. The average Bonchev–Trinajstić information content (AvgIpc) is 3.00. The number of benzene rings is 1. The molecule has 1 unspecified atom stereocenters. The van der Waals surface area contributed by atoms with Gasteiger partial charge in [0.2, 0.25) is 0 Å². The van der Waals surface area contributed by atoms with Crippen molar-refractivity contribution in [2.24, 2.45) is 0 Å². The van der Waals surface area contributed by atoms with Gasteiger partial charge in [0.15, 0.2) is 6.39 Å². The summed E-state index contributed by atoms with van der Waals surface area (Å²) in [5.41, 5.74) is 8.80. The molecule has 4 nitrogen and oxygen atoms in total. The molecule has 88 valence electrons. The van der Waals surface area contributed by atoms with Gasteiger partial charge in [0.1, 0.15) is 12.0 Å². The molecule has 0 radical (unpaired) electrons. The zero-order valence-electron chi connectivity index (χ0n) is 9.54. The van der Waals surface area contributed by atoms with E-state index in [4.69, 9.17) is 10.2 Å². The van der Waals surface area contributed by atoms with Gasteiger partial charge in [-0.25, -0.2) is 4.98 Å². The minimum absolute atomic E-state index is 0.315. The Kier molecular flexibility index (Phi) is 2.48. The molecule has 2 N–H and O–H groups in total. The highest BCUT2D eigenvalue weighted by Gasteiger charge is 2.27. The van der Waals surface area contributed by atoms with Crippen LogP contribution in [0.1, 0.15) is 24.6 Å². The van der Waals surface area contributed by atoms with Crippen molar-refractivity contribution in [3.05, 3.63) is 42.6 Å². The number of anilines is 2. The van der Waals surface area contributed by atoms with E-state index >= 15 is 0 Å². The van der Waals surface area contributed by atoms with Crippen LogP contribution in [0.3, 0.4) is 0 Å². The fraction of sp³-hybridized carbons (Fsp3) is 0.308. The van der Waals surface area contributed by atoms with Gasteiger partial charge in [0.25, 0.3) is 0 Å². The minimum Gasteiger partial charge on any atom is -0.451 e. The molecule has 0 spiro atoms. The van der Waals surface area contributed by atoms with Crippen molar-refractivity contribution in [3.8, 4) is 0 Å². The van der Waals surface area contributed by atoms with Gasteiger partial charge in [0, 0.05) is 17.9 Å². The van der Waals surface area contributed by atoms with Crippen molar-refractivity contribution in [1.82, 2.24) is 4.98 Å². The smallest absolute Gasteiger partial charge is 0.180 e. The van der Waals surface area contributed by atoms with Gasteiger partial charge in [-0.1, -0.05) is 6.07 Å². The van der Waals surface area contributed by atoms with E-state index in [0.717, 1.165) is 30.0 Å². The Bertz CT molecular complexity index is 495. The van der Waals surface area contributed by atoms with Crippen LogP contribution in [0.2, 0.25) is 0 Å². The van der Waals surface area contributed by atoms with Crippen molar-refractivity contribution >= 4 is 11.4 Å². The fourth-order valence-electron chi connectivity index (χ4n) is 2.47. The third-order valence-corrected chi connectivity index (χ3v) is 3.25. The van der Waals surface area contributed by atoms with Crippen LogP contribution in [0.5, 0.6) is 0 Å². The van der Waals surface area contributed by atoms with E-state index in [2.05, 4.69) is 16.0 Å². The summed E-state index contributed by atoms with van der Waals surface area (Å²) in [6.07, 6.45) is 5.51. The topological polar surface area (TPSA) is 55.3 Å². The summed E-state index contributed by atoms with van der Waals surface area (Å²) in [6, 6.07) is 8.32. The van der Waals surface area contributed by atoms with Crippen LogP contribution in [0.25, 0.3) is 0 Å². The largest absolute Gasteiger partial charge is 0.451 e. The SMILES string of the molecule is Nc1cccc(N2CCCC2c2cocn2)c1. The second-order valence-electron chi connectivity index (χ2n) is 4.36. The molecule has 0 aliphatic carbocycles. The quantitative estimate of drug-likeness (QED) is 0.804. The number of nitrogens with two attached hydrogens (primary N) is 1. The van der Waals surface area contributed by atoms with Crippen LogP contribution in [-0.2, 0) is 0 Å². The molecule has 1 saturated heterocycles. The maximum Gasteiger partial charge on any atom is 0.180 e. The van der Waals surface area contributed by atoms with Gasteiger partial charge >= 0.3 is 0 Å². The lowest BCUT2D eigenvalue weighted by atomic mass is 10.1. The lowest BCUT2D eigenvalue weighted by Crippen LogP contribution is -2.22. The molecule has 1 aliphatic heterocycles. The van der Waals surface area contributed by atoms with Crippen LogP contribution in [0.4, 0.5) is 11.4 Å². The molecule has 1 aromatic heterocycles. The zero-order valence-corrected chi connectivity index (χ0v) is 9.54. The van der Waals surface area contributed by atoms with Crippen molar-refractivity contribution in [3.63, 3.8) is 0 Å². The van der Waals surface area contributed by atoms with Gasteiger partial charge in [-0.2, -0.15) is 0 Å². The molecule has 1 atom stereocenters. The van der Waals surface area contributed by atoms with Gasteiger partial charge in [-0.15, -0.1) is 0 Å². The molecular weight excluding hydrogens is 214 g/mol. The van der Waals surface area contributed by atoms with E-state index in [1.165, 1.54) is 12.8 Å². The Hall–Kier alpha value is -1.97. The monoisotopic (exact) mass is 229 g/mol. The summed E-state index contributed by atoms with van der Waals surface area (Å²) in [5, 5.41) is 0. The molecule has 2 aromatic rings. The van der Waals surface area contributed by atoms with Crippen LogP contribution in [0, 0.1) is 0 Å². The second kappa shape index (κ2) is 4.13. The van der Waals surface area contributed by atoms with Crippen molar-refractivity contribution in [2.75, 3.05) is 17.2 Å². The lowest BCUT2D eigenvalue weighted by molar-refractivity contribution is 0.553. The van der Waals surface area contributed by atoms with E-state index in [1.807, 2.05) is 18.2 Å². The number of hydrogen-bond donors (Lipinski definition) is 1. The second-order valence-corrected chi connectivity index (χ2v) is 4.36. The summed E-state index contributed by atoms with van der Waals surface area (Å²) in [6.45, 7) is 1.04. The number of nitrogen functional groups attached to an aromatic ring is 1. The zero-order chi connectivity index (χ0) is 11.7. The maximum absolute atomic E-state index is 5.83. The Morgan fingerprint density at radius 2 is 2.35 bits per heavy atom. The van der Waals surface area contributed by atoms with Gasteiger partial charge in [0.05, 0.1) is 6.04 Å². The van der Waals surface area contributed by atoms with Gasteiger partial charge < -0.3 is 15.1 Å². The van der Waals surface area contributed by atoms with Crippen LogP contribution in [-0.4, -0.2) is 11.5 Å². The summed E-state index contributed by atoms with van der Waals surface area (Å²) < 4.78 is 5.07. The number of aromatic nitrogens is 1. The van der Waals surface area contributed by atoms with E-state index in [1.54, 1.807) is 6.26 Å². The summed E-state index contributed by atoms with van der Waals surface area (Å²) in [4.78, 5) is 6.60. The summed E-state index contributed by atoms with van der Waals surface area (Å²) >= 11 is 0. The van der Waals surface area contributed by atoms with Gasteiger partial charge in [-0.05, 0) is 31.0 Å². The minimum atomic E-state index is 0.315. The van der Waals surface area contributed by atoms with E-state index in [-0.39, 0.29) is 0 Å². The highest BCUT2D eigenvalue weighted by atomic mass is 16.3. The summed E-state index contributed by atoms with van der Waals surface area (Å²) in [7, 11) is 0. The molecular formula is C13H15N3O. The molecule has 1 aliphatic rings. The number of rotatable bonds is 2. The lowest BCUT2D eigenvalue weighted by Gasteiger charge is -2.25. The number of nitrogens with zero attached hydrogens (tertiary/aromatic N) is 2. The third kappa shape index (κ3) is 1.86.